The molecule has 0 amide bonds. The number of aliphatic hydroxyl groups is 1. The molecule has 1 N–H and O–H groups in total. The molecule has 0 aliphatic heterocycles. The van der Waals surface area contributed by atoms with Gasteiger partial charge in [-0.2, -0.15) is 0 Å². The lowest BCUT2D eigenvalue weighted by Gasteiger charge is -2.10. The summed E-state index contributed by atoms with van der Waals surface area (Å²) in [5.74, 6) is 0. The van der Waals surface area contributed by atoms with Gasteiger partial charge in [0.1, 0.15) is 5.15 Å². The molecule has 2 aromatic rings. The SMILES string of the molecule is OC1(c2cc3ccccc3nc2Cl)CC1. The molecule has 1 saturated carbocycles. The van der Waals surface area contributed by atoms with Crippen LogP contribution in [0.2, 0.25) is 5.15 Å². The van der Waals surface area contributed by atoms with Crippen LogP contribution in [-0.2, 0) is 5.60 Å². The van der Waals surface area contributed by atoms with Crippen molar-refractivity contribution in [3.8, 4) is 0 Å². The first-order chi connectivity index (χ1) is 7.19. The highest BCUT2D eigenvalue weighted by molar-refractivity contribution is 6.30. The number of benzene rings is 1. The van der Waals surface area contributed by atoms with Gasteiger partial charge in [-0.05, 0) is 25.0 Å². The van der Waals surface area contributed by atoms with Gasteiger partial charge in [0.25, 0.3) is 0 Å². The van der Waals surface area contributed by atoms with E-state index in [0.717, 1.165) is 29.3 Å². The maximum atomic E-state index is 10.0. The summed E-state index contributed by atoms with van der Waals surface area (Å²) in [5, 5.41) is 11.5. The molecule has 1 fully saturated rings. The van der Waals surface area contributed by atoms with Crippen LogP contribution in [0.1, 0.15) is 18.4 Å². The van der Waals surface area contributed by atoms with Crippen molar-refractivity contribution in [1.29, 1.82) is 0 Å². The lowest BCUT2D eigenvalue weighted by Crippen LogP contribution is -2.06. The van der Waals surface area contributed by atoms with Crippen LogP contribution in [-0.4, -0.2) is 10.1 Å². The predicted molar refractivity (Wildman–Crippen MR) is 59.9 cm³/mol. The fraction of sp³-hybridized carbons (Fsp3) is 0.250. The van der Waals surface area contributed by atoms with Crippen LogP contribution >= 0.6 is 11.6 Å². The van der Waals surface area contributed by atoms with Gasteiger partial charge < -0.3 is 5.11 Å². The number of hydrogen-bond acceptors (Lipinski definition) is 2. The quantitative estimate of drug-likeness (QED) is 0.749. The molecule has 1 aliphatic carbocycles. The van der Waals surface area contributed by atoms with Crippen molar-refractivity contribution < 1.29 is 5.11 Å². The predicted octanol–water partition coefficient (Wildman–Crippen LogP) is 2.87. The minimum Gasteiger partial charge on any atom is -0.385 e. The number of fused-ring (bicyclic) bond motifs is 1. The molecule has 0 radical (unpaired) electrons. The zero-order chi connectivity index (χ0) is 10.5. The lowest BCUT2D eigenvalue weighted by atomic mass is 10.1. The van der Waals surface area contributed by atoms with E-state index in [9.17, 15) is 5.11 Å². The first-order valence-corrected chi connectivity index (χ1v) is 5.35. The molecule has 0 saturated heterocycles. The largest absolute Gasteiger partial charge is 0.385 e. The third-order valence-electron chi connectivity index (χ3n) is 2.90. The molecule has 0 bridgehead atoms. The van der Waals surface area contributed by atoms with Crippen LogP contribution in [0.25, 0.3) is 10.9 Å². The van der Waals surface area contributed by atoms with Gasteiger partial charge in [-0.15, -0.1) is 0 Å². The van der Waals surface area contributed by atoms with Crippen LogP contribution in [0.5, 0.6) is 0 Å². The van der Waals surface area contributed by atoms with Crippen molar-refractivity contribution in [3.63, 3.8) is 0 Å². The van der Waals surface area contributed by atoms with Crippen molar-refractivity contribution in [3.05, 3.63) is 41.0 Å². The van der Waals surface area contributed by atoms with Crippen molar-refractivity contribution in [2.24, 2.45) is 0 Å². The van der Waals surface area contributed by atoms with E-state index in [2.05, 4.69) is 4.98 Å². The van der Waals surface area contributed by atoms with Gasteiger partial charge in [0, 0.05) is 10.9 Å². The second kappa shape index (κ2) is 2.94. The molecular formula is C12H10ClNO. The highest BCUT2D eigenvalue weighted by Crippen LogP contribution is 2.47. The van der Waals surface area contributed by atoms with Gasteiger partial charge in [-0.25, -0.2) is 4.98 Å². The van der Waals surface area contributed by atoms with Gasteiger partial charge in [0.2, 0.25) is 0 Å². The Morgan fingerprint density at radius 2 is 2.00 bits per heavy atom. The molecule has 76 valence electrons. The van der Waals surface area contributed by atoms with E-state index >= 15 is 0 Å². The van der Waals surface area contributed by atoms with Crippen LogP contribution < -0.4 is 0 Å². The molecule has 2 nitrogen and oxygen atoms in total. The van der Waals surface area contributed by atoms with Crippen molar-refractivity contribution in [2.45, 2.75) is 18.4 Å². The number of pyridine rings is 1. The molecule has 1 aliphatic rings. The average molecular weight is 220 g/mol. The molecule has 1 heterocycles. The number of hydrogen-bond donors (Lipinski definition) is 1. The lowest BCUT2D eigenvalue weighted by molar-refractivity contribution is 0.151. The standard InChI is InChI=1S/C12H10ClNO/c13-11-9(12(15)5-6-12)7-8-3-1-2-4-10(8)14-11/h1-4,7,15H,5-6H2. The molecule has 1 aromatic carbocycles. The maximum absolute atomic E-state index is 10.0. The molecule has 3 heteroatoms. The van der Waals surface area contributed by atoms with E-state index in [1.54, 1.807) is 0 Å². The number of rotatable bonds is 1. The molecular weight excluding hydrogens is 210 g/mol. The average Bonchev–Trinajstić information content (AvgIpc) is 2.96. The van der Waals surface area contributed by atoms with Gasteiger partial charge in [0.15, 0.2) is 0 Å². The third-order valence-corrected chi connectivity index (χ3v) is 3.19. The number of aromatic nitrogens is 1. The number of halogens is 1. The van der Waals surface area contributed by atoms with E-state index in [1.807, 2.05) is 30.3 Å². The molecule has 0 spiro atoms. The second-order valence-corrected chi connectivity index (χ2v) is 4.41. The highest BCUT2D eigenvalue weighted by Gasteiger charge is 2.44. The number of nitrogens with zero attached hydrogens (tertiary/aromatic N) is 1. The fourth-order valence-corrected chi connectivity index (χ4v) is 2.13. The summed E-state index contributed by atoms with van der Waals surface area (Å²) in [6.45, 7) is 0. The number of para-hydroxylation sites is 1. The molecule has 0 unspecified atom stereocenters. The first kappa shape index (κ1) is 9.13. The summed E-state index contributed by atoms with van der Waals surface area (Å²) < 4.78 is 0. The minimum absolute atomic E-state index is 0.425. The van der Waals surface area contributed by atoms with Gasteiger partial charge >= 0.3 is 0 Å². The summed E-state index contributed by atoms with van der Waals surface area (Å²) >= 11 is 6.06. The summed E-state index contributed by atoms with van der Waals surface area (Å²) in [6.07, 6.45) is 1.57. The van der Waals surface area contributed by atoms with Crippen LogP contribution in [0.3, 0.4) is 0 Å². The molecule has 15 heavy (non-hydrogen) atoms. The Morgan fingerprint density at radius 1 is 1.27 bits per heavy atom. The van der Waals surface area contributed by atoms with Crippen LogP contribution in [0, 0.1) is 0 Å². The van der Waals surface area contributed by atoms with Gasteiger partial charge in [0.05, 0.1) is 11.1 Å². The van der Waals surface area contributed by atoms with Crippen molar-refractivity contribution in [2.75, 3.05) is 0 Å². The van der Waals surface area contributed by atoms with Crippen molar-refractivity contribution >= 4 is 22.5 Å². The summed E-state index contributed by atoms with van der Waals surface area (Å²) in [7, 11) is 0. The topological polar surface area (TPSA) is 33.1 Å². The molecule has 3 rings (SSSR count). The van der Waals surface area contributed by atoms with E-state index < -0.39 is 5.60 Å². The Bertz CT molecular complexity index is 534. The summed E-state index contributed by atoms with van der Waals surface area (Å²) in [4.78, 5) is 4.29. The third kappa shape index (κ3) is 1.41. The molecule has 1 aromatic heterocycles. The van der Waals surface area contributed by atoms with Gasteiger partial charge in [-0.1, -0.05) is 29.8 Å². The monoisotopic (exact) mass is 219 g/mol. The first-order valence-electron chi connectivity index (χ1n) is 4.97. The van der Waals surface area contributed by atoms with E-state index in [1.165, 1.54) is 0 Å². The highest BCUT2D eigenvalue weighted by atomic mass is 35.5. The van der Waals surface area contributed by atoms with Crippen LogP contribution in [0.4, 0.5) is 0 Å². The van der Waals surface area contributed by atoms with Crippen molar-refractivity contribution in [1.82, 2.24) is 4.98 Å². The summed E-state index contributed by atoms with van der Waals surface area (Å²) in [6, 6.07) is 9.73. The molecule has 0 atom stereocenters. The smallest absolute Gasteiger partial charge is 0.135 e. The fourth-order valence-electron chi connectivity index (χ4n) is 1.81. The normalized spacial score (nSPS) is 18.0. The Kier molecular flexibility index (Phi) is 1.79. The van der Waals surface area contributed by atoms with Crippen LogP contribution in [0.15, 0.2) is 30.3 Å². The Hall–Kier alpha value is -1.12. The Morgan fingerprint density at radius 3 is 2.73 bits per heavy atom. The minimum atomic E-state index is -0.714. The maximum Gasteiger partial charge on any atom is 0.135 e. The zero-order valence-corrected chi connectivity index (χ0v) is 8.83. The second-order valence-electron chi connectivity index (χ2n) is 4.05. The van der Waals surface area contributed by atoms with E-state index in [-0.39, 0.29) is 0 Å². The zero-order valence-electron chi connectivity index (χ0n) is 8.07. The Balaban J connectivity index is 2.27. The Labute approximate surface area is 92.5 Å². The van der Waals surface area contributed by atoms with E-state index in [4.69, 9.17) is 11.6 Å². The summed E-state index contributed by atoms with van der Waals surface area (Å²) in [5.41, 5.74) is 0.923. The van der Waals surface area contributed by atoms with E-state index in [0.29, 0.717) is 5.15 Å². The van der Waals surface area contributed by atoms with Gasteiger partial charge in [-0.3, -0.25) is 0 Å².